The number of para-hydroxylation sites is 1. The van der Waals surface area contributed by atoms with Crippen LogP contribution in [0.25, 0.3) is 0 Å². The van der Waals surface area contributed by atoms with E-state index in [2.05, 4.69) is 10.6 Å². The molecule has 21 heavy (non-hydrogen) atoms. The molecule has 5 nitrogen and oxygen atoms in total. The van der Waals surface area contributed by atoms with Crippen LogP contribution in [0.5, 0.6) is 0 Å². The molecule has 0 radical (unpaired) electrons. The van der Waals surface area contributed by atoms with Crippen LogP contribution in [0.4, 0.5) is 10.5 Å². The molecule has 2 rings (SSSR count). The molecular formula is C16H23N3O2. The average Bonchev–Trinajstić information content (AvgIpc) is 2.48. The first-order valence-corrected chi connectivity index (χ1v) is 7.46. The van der Waals surface area contributed by atoms with E-state index < -0.39 is 0 Å². The van der Waals surface area contributed by atoms with E-state index in [1.165, 1.54) is 24.2 Å². The maximum atomic E-state index is 12.4. The summed E-state index contributed by atoms with van der Waals surface area (Å²) < 4.78 is 0. The van der Waals surface area contributed by atoms with E-state index >= 15 is 0 Å². The normalized spacial score (nSPS) is 15.3. The van der Waals surface area contributed by atoms with Crippen LogP contribution in [0, 0.1) is 0 Å². The number of urea groups is 1. The molecule has 0 heterocycles. The molecule has 2 N–H and O–H groups in total. The number of nitrogens with zero attached hydrogens (tertiary/aromatic N) is 1. The van der Waals surface area contributed by atoms with Gasteiger partial charge < -0.3 is 15.5 Å². The second kappa shape index (κ2) is 7.11. The lowest BCUT2D eigenvalue weighted by Crippen LogP contribution is -2.37. The molecule has 5 heteroatoms. The summed E-state index contributed by atoms with van der Waals surface area (Å²) in [5, 5.41) is 5.83. The van der Waals surface area contributed by atoms with Crippen molar-refractivity contribution >= 4 is 17.6 Å². The van der Waals surface area contributed by atoms with Crippen molar-refractivity contribution in [2.75, 3.05) is 19.4 Å². The van der Waals surface area contributed by atoms with Gasteiger partial charge >= 0.3 is 6.03 Å². The van der Waals surface area contributed by atoms with Crippen molar-refractivity contribution in [3.8, 4) is 0 Å². The summed E-state index contributed by atoms with van der Waals surface area (Å²) in [6.45, 7) is 0. The number of carbonyl (C=O) groups is 2. The standard InChI is InChI=1S/C16H23N3O2/c1-19(2)16(21)18-14-11-7-6-10-13(14)15(20)17-12-8-4-3-5-9-12/h6-7,10-12H,3-5,8-9H2,1-2H3,(H,17,20)(H,18,21). The Morgan fingerprint density at radius 1 is 1.10 bits per heavy atom. The third-order valence-electron chi connectivity index (χ3n) is 3.76. The zero-order valence-corrected chi connectivity index (χ0v) is 12.7. The second-order valence-corrected chi connectivity index (χ2v) is 5.68. The fourth-order valence-electron chi connectivity index (χ4n) is 2.53. The minimum Gasteiger partial charge on any atom is -0.349 e. The van der Waals surface area contributed by atoms with Crippen LogP contribution in [-0.2, 0) is 0 Å². The Morgan fingerprint density at radius 2 is 1.76 bits per heavy atom. The van der Waals surface area contributed by atoms with Gasteiger partial charge in [-0.2, -0.15) is 0 Å². The number of benzene rings is 1. The summed E-state index contributed by atoms with van der Waals surface area (Å²) in [6, 6.07) is 7.11. The highest BCUT2D eigenvalue weighted by molar-refractivity contribution is 6.03. The van der Waals surface area contributed by atoms with Crippen molar-refractivity contribution in [2.45, 2.75) is 38.1 Å². The van der Waals surface area contributed by atoms with Gasteiger partial charge in [-0.25, -0.2) is 4.79 Å². The molecule has 0 spiro atoms. The highest BCUT2D eigenvalue weighted by Crippen LogP contribution is 2.20. The van der Waals surface area contributed by atoms with E-state index in [1.54, 1.807) is 32.3 Å². The minimum atomic E-state index is -0.243. The van der Waals surface area contributed by atoms with E-state index in [4.69, 9.17) is 0 Å². The van der Waals surface area contributed by atoms with Gasteiger partial charge in [0, 0.05) is 20.1 Å². The van der Waals surface area contributed by atoms with Crippen LogP contribution >= 0.6 is 0 Å². The molecule has 1 fully saturated rings. The summed E-state index contributed by atoms with van der Waals surface area (Å²) >= 11 is 0. The zero-order chi connectivity index (χ0) is 15.2. The van der Waals surface area contributed by atoms with Crippen molar-refractivity contribution in [2.24, 2.45) is 0 Å². The monoisotopic (exact) mass is 289 g/mol. The van der Waals surface area contributed by atoms with Crippen LogP contribution in [-0.4, -0.2) is 37.0 Å². The van der Waals surface area contributed by atoms with Gasteiger partial charge in [0.25, 0.3) is 5.91 Å². The Hall–Kier alpha value is -2.04. The van der Waals surface area contributed by atoms with Crippen LogP contribution < -0.4 is 10.6 Å². The molecule has 114 valence electrons. The molecule has 0 saturated heterocycles. The van der Waals surface area contributed by atoms with E-state index in [0.29, 0.717) is 11.3 Å². The van der Waals surface area contributed by atoms with Gasteiger partial charge in [0.2, 0.25) is 0 Å². The molecule has 0 bridgehead atoms. The summed E-state index contributed by atoms with van der Waals surface area (Å²) in [5.41, 5.74) is 1.06. The highest BCUT2D eigenvalue weighted by atomic mass is 16.2. The Bertz CT molecular complexity index is 508. The number of anilines is 1. The molecule has 1 saturated carbocycles. The summed E-state index contributed by atoms with van der Waals surface area (Å²) in [6.07, 6.45) is 5.67. The fraction of sp³-hybridized carbons (Fsp3) is 0.500. The van der Waals surface area contributed by atoms with E-state index in [-0.39, 0.29) is 18.0 Å². The summed E-state index contributed by atoms with van der Waals surface area (Å²) in [4.78, 5) is 25.6. The van der Waals surface area contributed by atoms with Gasteiger partial charge in [0.15, 0.2) is 0 Å². The Morgan fingerprint density at radius 3 is 2.43 bits per heavy atom. The van der Waals surface area contributed by atoms with Gasteiger partial charge in [-0.1, -0.05) is 31.4 Å². The number of carbonyl (C=O) groups excluding carboxylic acids is 2. The average molecular weight is 289 g/mol. The molecule has 1 aliphatic rings. The van der Waals surface area contributed by atoms with Gasteiger partial charge in [-0.05, 0) is 25.0 Å². The van der Waals surface area contributed by atoms with Crippen LogP contribution in [0.15, 0.2) is 24.3 Å². The molecule has 0 aromatic heterocycles. The minimum absolute atomic E-state index is 0.114. The molecule has 0 aliphatic heterocycles. The lowest BCUT2D eigenvalue weighted by Gasteiger charge is -2.23. The molecule has 0 atom stereocenters. The maximum Gasteiger partial charge on any atom is 0.321 e. The van der Waals surface area contributed by atoms with Gasteiger partial charge in [0.1, 0.15) is 0 Å². The maximum absolute atomic E-state index is 12.4. The molecule has 1 aromatic carbocycles. The smallest absolute Gasteiger partial charge is 0.321 e. The predicted molar refractivity (Wildman–Crippen MR) is 83.5 cm³/mol. The lowest BCUT2D eigenvalue weighted by atomic mass is 9.95. The van der Waals surface area contributed by atoms with Crippen LogP contribution in [0.1, 0.15) is 42.5 Å². The van der Waals surface area contributed by atoms with Gasteiger partial charge in [-0.15, -0.1) is 0 Å². The number of amides is 3. The predicted octanol–water partition coefficient (Wildman–Crippen LogP) is 2.84. The highest BCUT2D eigenvalue weighted by Gasteiger charge is 2.19. The summed E-state index contributed by atoms with van der Waals surface area (Å²) in [5.74, 6) is -0.114. The molecule has 3 amide bonds. The quantitative estimate of drug-likeness (QED) is 0.899. The largest absolute Gasteiger partial charge is 0.349 e. The molecule has 0 unspecified atom stereocenters. The van der Waals surface area contributed by atoms with Gasteiger partial charge in [0.05, 0.1) is 11.3 Å². The van der Waals surface area contributed by atoms with Crippen molar-refractivity contribution in [1.82, 2.24) is 10.2 Å². The second-order valence-electron chi connectivity index (χ2n) is 5.68. The van der Waals surface area contributed by atoms with Crippen LogP contribution in [0.3, 0.4) is 0 Å². The Labute approximate surface area is 125 Å². The van der Waals surface area contributed by atoms with Crippen molar-refractivity contribution in [1.29, 1.82) is 0 Å². The van der Waals surface area contributed by atoms with Crippen molar-refractivity contribution in [3.63, 3.8) is 0 Å². The van der Waals surface area contributed by atoms with Crippen molar-refractivity contribution < 1.29 is 9.59 Å². The van der Waals surface area contributed by atoms with Crippen LogP contribution in [0.2, 0.25) is 0 Å². The lowest BCUT2D eigenvalue weighted by molar-refractivity contribution is 0.0928. The molecular weight excluding hydrogens is 266 g/mol. The van der Waals surface area contributed by atoms with Crippen molar-refractivity contribution in [3.05, 3.63) is 29.8 Å². The number of hydrogen-bond acceptors (Lipinski definition) is 2. The zero-order valence-electron chi connectivity index (χ0n) is 12.7. The SMILES string of the molecule is CN(C)C(=O)Nc1ccccc1C(=O)NC1CCCCC1. The first kappa shape index (κ1) is 15.4. The van der Waals surface area contributed by atoms with E-state index in [1.807, 2.05) is 6.07 Å². The number of nitrogens with one attached hydrogen (secondary N) is 2. The molecule has 1 aromatic rings. The van der Waals surface area contributed by atoms with E-state index in [9.17, 15) is 9.59 Å². The first-order chi connectivity index (χ1) is 10.1. The molecule has 1 aliphatic carbocycles. The third kappa shape index (κ3) is 4.21. The number of hydrogen-bond donors (Lipinski definition) is 2. The fourth-order valence-corrected chi connectivity index (χ4v) is 2.53. The van der Waals surface area contributed by atoms with E-state index in [0.717, 1.165) is 12.8 Å². The number of rotatable bonds is 3. The third-order valence-corrected chi connectivity index (χ3v) is 3.76. The Balaban J connectivity index is 2.07. The Kier molecular flexibility index (Phi) is 5.20. The summed E-state index contributed by atoms with van der Waals surface area (Å²) in [7, 11) is 3.33. The van der Waals surface area contributed by atoms with Gasteiger partial charge in [-0.3, -0.25) is 4.79 Å². The first-order valence-electron chi connectivity index (χ1n) is 7.46. The topological polar surface area (TPSA) is 61.4 Å².